The Labute approximate surface area is 267 Å². The molecule has 1 saturated heterocycles. The first-order valence-corrected chi connectivity index (χ1v) is 15.9. The first-order chi connectivity index (χ1) is 21.8. The van der Waals surface area contributed by atoms with Crippen LogP contribution < -0.4 is 0 Å². The van der Waals surface area contributed by atoms with E-state index in [4.69, 9.17) is 28.4 Å². The van der Waals surface area contributed by atoms with Crippen molar-refractivity contribution in [1.82, 2.24) is 4.90 Å². The van der Waals surface area contributed by atoms with Gasteiger partial charge in [-0.25, -0.2) is 4.79 Å². The topological polar surface area (TPSA) is 174 Å². The summed E-state index contributed by atoms with van der Waals surface area (Å²) >= 11 is 0. The van der Waals surface area contributed by atoms with Crippen molar-refractivity contribution >= 4 is 11.9 Å². The van der Waals surface area contributed by atoms with Crippen LogP contribution in [0.1, 0.15) is 30.1 Å². The Morgan fingerprint density at radius 1 is 0.978 bits per heavy atom. The number of aliphatic hydroxyl groups is 4. The second-order valence-corrected chi connectivity index (χ2v) is 14.4. The molecule has 1 aromatic rings. The second-order valence-electron chi connectivity index (χ2n) is 14.4. The van der Waals surface area contributed by atoms with Crippen LogP contribution in [0.15, 0.2) is 30.3 Å². The van der Waals surface area contributed by atoms with Crippen LogP contribution in [0.25, 0.3) is 0 Å². The average molecular weight is 648 g/mol. The van der Waals surface area contributed by atoms with Gasteiger partial charge in [-0.15, -0.1) is 0 Å². The van der Waals surface area contributed by atoms with Crippen LogP contribution >= 0.6 is 0 Å². The third-order valence-corrected chi connectivity index (χ3v) is 12.9. The SMILES string of the molecule is COC[C@]12CN(C)[C@@H]3[C@H]4[C@H](OC)[C@H]1[C@@]3([C@@H](OC)C[C@H]2O)[C@]1(O)C[C@]2(O)[C@H](OC(=O)c3ccccc3)[C@@H]1[C@]4(OC(C)=O)[C@@H](O)[C@@H]2OC. The van der Waals surface area contributed by atoms with E-state index in [2.05, 4.69) is 0 Å². The van der Waals surface area contributed by atoms with Crippen LogP contribution in [0.3, 0.4) is 0 Å². The lowest BCUT2D eigenvalue weighted by Crippen LogP contribution is -2.85. The first-order valence-electron chi connectivity index (χ1n) is 15.9. The molecular weight excluding hydrogens is 602 g/mol. The molecule has 0 amide bonds. The molecule has 0 aromatic heterocycles. The molecular formula is C33H45NO12. The monoisotopic (exact) mass is 647 g/mol. The number of carbonyl (C=O) groups is 2. The highest BCUT2D eigenvalue weighted by molar-refractivity contribution is 5.89. The minimum Gasteiger partial charge on any atom is -0.455 e. The first kappa shape index (κ1) is 32.4. The summed E-state index contributed by atoms with van der Waals surface area (Å²) in [5.74, 6) is -4.35. The van der Waals surface area contributed by atoms with E-state index in [0.29, 0.717) is 6.54 Å². The molecule has 13 nitrogen and oxygen atoms in total. The summed E-state index contributed by atoms with van der Waals surface area (Å²) in [6, 6.07) is 7.61. The van der Waals surface area contributed by atoms with Gasteiger partial charge in [-0.05, 0) is 19.2 Å². The van der Waals surface area contributed by atoms with Gasteiger partial charge in [0.1, 0.15) is 23.9 Å². The second kappa shape index (κ2) is 10.4. The molecule has 6 fully saturated rings. The van der Waals surface area contributed by atoms with Crippen molar-refractivity contribution in [2.24, 2.45) is 28.6 Å². The number of hydrogen-bond acceptors (Lipinski definition) is 13. The largest absolute Gasteiger partial charge is 0.455 e. The van der Waals surface area contributed by atoms with Gasteiger partial charge in [0.2, 0.25) is 0 Å². The predicted octanol–water partition coefficient (Wildman–Crippen LogP) is -0.627. The lowest BCUT2D eigenvalue weighted by atomic mass is 9.40. The molecule has 13 heteroatoms. The zero-order chi connectivity index (χ0) is 33.2. The van der Waals surface area contributed by atoms with E-state index in [9.17, 15) is 30.0 Å². The summed E-state index contributed by atoms with van der Waals surface area (Å²) in [6.45, 7) is 1.68. The summed E-state index contributed by atoms with van der Waals surface area (Å²) < 4.78 is 36.7. The number of rotatable bonds is 8. The Kier molecular flexibility index (Phi) is 7.31. The molecule has 7 bridgehead atoms. The van der Waals surface area contributed by atoms with E-state index >= 15 is 0 Å². The van der Waals surface area contributed by atoms with Gasteiger partial charge in [0.05, 0.1) is 42.0 Å². The number of fused-ring (bicyclic) bond motifs is 2. The number of piperidine rings is 1. The number of likely N-dealkylation sites (tertiary alicyclic amines) is 1. The summed E-state index contributed by atoms with van der Waals surface area (Å²) in [4.78, 5) is 28.9. The molecule has 1 aliphatic heterocycles. The van der Waals surface area contributed by atoms with Crippen LogP contribution in [0.2, 0.25) is 0 Å². The molecule has 1 aromatic carbocycles. The molecule has 15 atom stereocenters. The third kappa shape index (κ3) is 3.41. The zero-order valence-electron chi connectivity index (χ0n) is 27.0. The Balaban J connectivity index is 1.56. The number of carbonyl (C=O) groups excluding carboxylic acids is 2. The van der Waals surface area contributed by atoms with Gasteiger partial charge >= 0.3 is 11.9 Å². The van der Waals surface area contributed by atoms with Gasteiger partial charge in [0.25, 0.3) is 0 Å². The van der Waals surface area contributed by atoms with Gasteiger partial charge in [0, 0.05) is 83.5 Å². The van der Waals surface area contributed by atoms with Gasteiger partial charge < -0.3 is 53.7 Å². The van der Waals surface area contributed by atoms with E-state index in [-0.39, 0.29) is 18.6 Å². The summed E-state index contributed by atoms with van der Waals surface area (Å²) in [7, 11) is 7.77. The number of benzene rings is 1. The molecule has 46 heavy (non-hydrogen) atoms. The average Bonchev–Trinajstić information content (AvgIpc) is 3.38. The molecule has 1 heterocycles. The lowest BCUT2D eigenvalue weighted by Gasteiger charge is -2.72. The quantitative estimate of drug-likeness (QED) is 0.263. The standard InChI is InChI=1S/C33H45NO12/c1-16(35)46-33-20-21(43-5)22-29(15-41-3)14-34(2)24(20)32(22,19(42-4)12-18(29)36)31(40)13-30(39,27(44-6)25(33)37)26(23(31)33)45-28(38)17-10-8-7-9-11-17/h7-11,18-27,36-37,39-40H,12-15H2,1-6H3/t18-,19+,20-,21+,22-,23+,24-,25+,26-,27+,29+,30+,31+,32-,33+/m1/s1. The molecule has 7 rings (SSSR count). The maximum atomic E-state index is 13.7. The number of nitrogens with zero attached hydrogens (tertiary/aromatic N) is 1. The van der Waals surface area contributed by atoms with Crippen molar-refractivity contribution < 1.29 is 58.4 Å². The van der Waals surface area contributed by atoms with Crippen molar-refractivity contribution in [1.29, 1.82) is 0 Å². The van der Waals surface area contributed by atoms with Gasteiger partial charge in [-0.3, -0.25) is 4.79 Å². The van der Waals surface area contributed by atoms with E-state index in [1.165, 1.54) is 28.3 Å². The van der Waals surface area contributed by atoms with E-state index < -0.39 is 106 Å². The number of aliphatic hydroxyl groups excluding tert-OH is 2. The van der Waals surface area contributed by atoms with Crippen LogP contribution in [-0.4, -0.2) is 145 Å². The van der Waals surface area contributed by atoms with Crippen LogP contribution in [0.5, 0.6) is 0 Å². The number of methoxy groups -OCH3 is 4. The van der Waals surface area contributed by atoms with E-state index in [0.717, 1.165) is 0 Å². The van der Waals surface area contributed by atoms with Crippen molar-refractivity contribution in [2.75, 3.05) is 48.6 Å². The number of hydrogen-bond donors (Lipinski definition) is 4. The van der Waals surface area contributed by atoms with Crippen molar-refractivity contribution in [3.05, 3.63) is 35.9 Å². The Hall–Kier alpha value is -2.20. The smallest absolute Gasteiger partial charge is 0.338 e. The van der Waals surface area contributed by atoms with Crippen molar-refractivity contribution in [2.45, 2.75) is 79.2 Å². The normalized spacial score (nSPS) is 51.5. The Bertz CT molecular complexity index is 1400. The third-order valence-electron chi connectivity index (χ3n) is 12.9. The summed E-state index contributed by atoms with van der Waals surface area (Å²) in [6.07, 6.45) is -7.39. The molecule has 4 N–H and O–H groups in total. The molecule has 0 unspecified atom stereocenters. The zero-order valence-corrected chi connectivity index (χ0v) is 27.0. The van der Waals surface area contributed by atoms with Crippen molar-refractivity contribution in [3.8, 4) is 0 Å². The maximum absolute atomic E-state index is 13.7. The predicted molar refractivity (Wildman–Crippen MR) is 157 cm³/mol. The fourth-order valence-corrected chi connectivity index (χ4v) is 12.2. The molecule has 0 radical (unpaired) electrons. The summed E-state index contributed by atoms with van der Waals surface area (Å²) in [5.41, 5.74) is -8.16. The van der Waals surface area contributed by atoms with Gasteiger partial charge in [-0.2, -0.15) is 0 Å². The molecule has 254 valence electrons. The minimum atomic E-state index is -2.12. The maximum Gasteiger partial charge on any atom is 0.338 e. The number of ether oxygens (including phenoxy) is 6. The van der Waals surface area contributed by atoms with Crippen molar-refractivity contribution in [3.63, 3.8) is 0 Å². The highest BCUT2D eigenvalue weighted by atomic mass is 16.6. The van der Waals surface area contributed by atoms with Crippen LogP contribution in [0.4, 0.5) is 0 Å². The highest BCUT2D eigenvalue weighted by Gasteiger charge is 2.96. The van der Waals surface area contributed by atoms with Crippen LogP contribution in [-0.2, 0) is 33.2 Å². The molecule has 1 spiro atoms. The Morgan fingerprint density at radius 3 is 2.26 bits per heavy atom. The molecule has 6 aliphatic rings. The van der Waals surface area contributed by atoms with E-state index in [1.54, 1.807) is 37.4 Å². The molecule has 5 aliphatic carbocycles. The number of esters is 2. The van der Waals surface area contributed by atoms with Gasteiger partial charge in [0.15, 0.2) is 5.60 Å². The minimum absolute atomic E-state index is 0.113. The highest BCUT2D eigenvalue weighted by Crippen LogP contribution is 2.81. The Morgan fingerprint density at radius 2 is 1.67 bits per heavy atom. The van der Waals surface area contributed by atoms with E-state index in [1.807, 2.05) is 11.9 Å². The van der Waals surface area contributed by atoms with Gasteiger partial charge in [-0.1, -0.05) is 18.2 Å². The summed E-state index contributed by atoms with van der Waals surface area (Å²) in [5, 5.41) is 50.8. The molecule has 5 saturated carbocycles. The fraction of sp³-hybridized carbons (Fsp3) is 0.758. The lowest BCUT2D eigenvalue weighted by molar-refractivity contribution is -0.353. The fourth-order valence-electron chi connectivity index (χ4n) is 12.2. The van der Waals surface area contributed by atoms with Crippen LogP contribution in [0, 0.1) is 28.6 Å².